The van der Waals surface area contributed by atoms with Gasteiger partial charge in [0.1, 0.15) is 5.82 Å². The second-order valence-electron chi connectivity index (χ2n) is 7.37. The van der Waals surface area contributed by atoms with Crippen LogP contribution in [0.5, 0.6) is 0 Å². The summed E-state index contributed by atoms with van der Waals surface area (Å²) < 4.78 is 5.32. The van der Waals surface area contributed by atoms with E-state index in [1.54, 1.807) is 6.20 Å². The molecule has 1 aromatic carbocycles. The average Bonchev–Trinajstić information content (AvgIpc) is 3.22. The fourth-order valence-corrected chi connectivity index (χ4v) is 3.68. The Labute approximate surface area is 156 Å². The predicted octanol–water partition coefficient (Wildman–Crippen LogP) is 3.36. The minimum absolute atomic E-state index is 0.0598. The number of carbonyl (C=O) groups is 1. The van der Waals surface area contributed by atoms with E-state index in [2.05, 4.69) is 20.1 Å². The quantitative estimate of drug-likeness (QED) is 0.768. The number of hydrogen-bond acceptors (Lipinski definition) is 5. The number of H-pyrrole nitrogens is 1. The molecule has 1 atom stereocenters. The number of benzene rings is 1. The summed E-state index contributed by atoms with van der Waals surface area (Å²) in [4.78, 5) is 26.8. The molecule has 1 saturated carbocycles. The number of nitrogens with zero attached hydrogens (tertiary/aromatic N) is 4. The Morgan fingerprint density at radius 1 is 1.15 bits per heavy atom. The van der Waals surface area contributed by atoms with Crippen LogP contribution in [-0.2, 0) is 0 Å². The van der Waals surface area contributed by atoms with E-state index < -0.39 is 0 Å². The Kier molecular flexibility index (Phi) is 3.99. The molecule has 1 N–H and O–H groups in total. The van der Waals surface area contributed by atoms with E-state index in [1.165, 1.54) is 0 Å². The summed E-state index contributed by atoms with van der Waals surface area (Å²) >= 11 is 0. The largest absolute Gasteiger partial charge is 0.348 e. The van der Waals surface area contributed by atoms with Gasteiger partial charge in [-0.25, -0.2) is 4.98 Å². The summed E-state index contributed by atoms with van der Waals surface area (Å²) in [6.07, 6.45) is 7.90. The molecule has 7 heteroatoms. The van der Waals surface area contributed by atoms with Crippen LogP contribution in [0.3, 0.4) is 0 Å². The molecule has 1 aliphatic heterocycles. The fraction of sp³-hybridized carbons (Fsp3) is 0.400. The number of imidazole rings is 1. The van der Waals surface area contributed by atoms with Gasteiger partial charge in [0.15, 0.2) is 0 Å². The molecule has 2 aliphatic rings. The summed E-state index contributed by atoms with van der Waals surface area (Å²) in [6, 6.07) is 7.48. The molecule has 3 aromatic rings. The highest BCUT2D eigenvalue weighted by molar-refractivity contribution is 5.94. The van der Waals surface area contributed by atoms with Crippen molar-refractivity contribution >= 4 is 5.91 Å². The Balaban J connectivity index is 1.29. The number of amides is 1. The molecule has 2 fully saturated rings. The van der Waals surface area contributed by atoms with Gasteiger partial charge in [0.05, 0.1) is 0 Å². The lowest BCUT2D eigenvalue weighted by molar-refractivity contribution is 0.0705. The maximum atomic E-state index is 12.9. The molecule has 0 radical (unpaired) electrons. The smallest absolute Gasteiger partial charge is 0.253 e. The summed E-state index contributed by atoms with van der Waals surface area (Å²) in [5, 5.41) is 4.06. The molecule has 1 aliphatic carbocycles. The van der Waals surface area contributed by atoms with Gasteiger partial charge in [-0.15, -0.1) is 0 Å². The van der Waals surface area contributed by atoms with Crippen molar-refractivity contribution in [3.8, 4) is 11.4 Å². The Hall–Kier alpha value is -2.96. The van der Waals surface area contributed by atoms with Crippen LogP contribution in [0, 0.1) is 0 Å². The van der Waals surface area contributed by atoms with Crippen LogP contribution in [0.1, 0.15) is 59.6 Å². The van der Waals surface area contributed by atoms with Crippen LogP contribution in [0.25, 0.3) is 11.4 Å². The van der Waals surface area contributed by atoms with E-state index in [9.17, 15) is 4.79 Å². The fourth-order valence-electron chi connectivity index (χ4n) is 3.68. The molecule has 1 amide bonds. The van der Waals surface area contributed by atoms with E-state index in [0.29, 0.717) is 23.9 Å². The molecule has 1 saturated heterocycles. The highest BCUT2D eigenvalue weighted by Crippen LogP contribution is 2.39. The average molecular weight is 363 g/mol. The first-order valence-electron chi connectivity index (χ1n) is 9.50. The van der Waals surface area contributed by atoms with Crippen LogP contribution >= 0.6 is 0 Å². The first-order valence-corrected chi connectivity index (χ1v) is 9.50. The first kappa shape index (κ1) is 16.2. The lowest BCUT2D eigenvalue weighted by atomic mass is 9.96. The van der Waals surface area contributed by atoms with Gasteiger partial charge in [0.2, 0.25) is 11.7 Å². The third-order valence-electron chi connectivity index (χ3n) is 5.37. The molecule has 1 unspecified atom stereocenters. The minimum Gasteiger partial charge on any atom is -0.348 e. The van der Waals surface area contributed by atoms with E-state index in [-0.39, 0.29) is 11.8 Å². The highest BCUT2D eigenvalue weighted by Gasteiger charge is 2.30. The number of hydrogen-bond donors (Lipinski definition) is 1. The number of aromatic amines is 1. The maximum Gasteiger partial charge on any atom is 0.253 e. The van der Waals surface area contributed by atoms with Crippen molar-refractivity contribution in [1.82, 2.24) is 25.0 Å². The van der Waals surface area contributed by atoms with E-state index in [0.717, 1.165) is 49.5 Å². The lowest BCUT2D eigenvalue weighted by Crippen LogP contribution is -2.39. The highest BCUT2D eigenvalue weighted by atomic mass is 16.5. The van der Waals surface area contributed by atoms with Crippen molar-refractivity contribution < 1.29 is 9.32 Å². The molecule has 5 rings (SSSR count). The van der Waals surface area contributed by atoms with Gasteiger partial charge in [-0.2, -0.15) is 4.98 Å². The summed E-state index contributed by atoms with van der Waals surface area (Å²) in [5.74, 6) is 3.05. The minimum atomic E-state index is 0.0598. The SMILES string of the molecule is O=C(c1ccc(-c2noc(C3CC3)n2)cc1)N1CCCC(c2ncc[nH]2)C1. The summed E-state index contributed by atoms with van der Waals surface area (Å²) in [6.45, 7) is 1.48. The van der Waals surface area contributed by atoms with Crippen molar-refractivity contribution in [2.24, 2.45) is 0 Å². The number of aromatic nitrogens is 4. The zero-order chi connectivity index (χ0) is 18.2. The van der Waals surface area contributed by atoms with Gasteiger partial charge in [-0.3, -0.25) is 4.79 Å². The van der Waals surface area contributed by atoms with Gasteiger partial charge in [-0.05, 0) is 37.8 Å². The van der Waals surface area contributed by atoms with Crippen molar-refractivity contribution in [3.05, 3.63) is 53.9 Å². The van der Waals surface area contributed by atoms with Crippen LogP contribution < -0.4 is 0 Å². The molecule has 2 aromatic heterocycles. The van der Waals surface area contributed by atoms with Crippen LogP contribution in [0.2, 0.25) is 0 Å². The Morgan fingerprint density at radius 2 is 2.00 bits per heavy atom. The van der Waals surface area contributed by atoms with Gasteiger partial charge in [0.25, 0.3) is 5.91 Å². The third-order valence-corrected chi connectivity index (χ3v) is 5.37. The number of likely N-dealkylation sites (tertiary alicyclic amines) is 1. The maximum absolute atomic E-state index is 12.9. The second kappa shape index (κ2) is 6.64. The summed E-state index contributed by atoms with van der Waals surface area (Å²) in [7, 11) is 0. The number of carbonyl (C=O) groups excluding carboxylic acids is 1. The zero-order valence-corrected chi connectivity index (χ0v) is 15.0. The predicted molar refractivity (Wildman–Crippen MR) is 98.2 cm³/mol. The van der Waals surface area contributed by atoms with E-state index in [1.807, 2.05) is 35.4 Å². The molecule has 0 bridgehead atoms. The normalized spacial score (nSPS) is 20.0. The third kappa shape index (κ3) is 3.25. The van der Waals surface area contributed by atoms with Gasteiger partial charge >= 0.3 is 0 Å². The van der Waals surface area contributed by atoms with E-state index >= 15 is 0 Å². The summed E-state index contributed by atoms with van der Waals surface area (Å²) in [5.41, 5.74) is 1.55. The van der Waals surface area contributed by atoms with Crippen molar-refractivity contribution in [3.63, 3.8) is 0 Å². The monoisotopic (exact) mass is 363 g/mol. The van der Waals surface area contributed by atoms with Crippen molar-refractivity contribution in [2.75, 3.05) is 13.1 Å². The second-order valence-corrected chi connectivity index (χ2v) is 7.37. The van der Waals surface area contributed by atoms with Crippen molar-refractivity contribution in [1.29, 1.82) is 0 Å². The zero-order valence-electron chi connectivity index (χ0n) is 15.0. The molecule has 27 heavy (non-hydrogen) atoms. The molecule has 3 heterocycles. The molecule has 138 valence electrons. The molecule has 7 nitrogen and oxygen atoms in total. The first-order chi connectivity index (χ1) is 13.3. The lowest BCUT2D eigenvalue weighted by Gasteiger charge is -2.32. The van der Waals surface area contributed by atoms with E-state index in [4.69, 9.17) is 4.52 Å². The number of rotatable bonds is 4. The Bertz CT molecular complexity index is 928. The number of piperidine rings is 1. The molecular weight excluding hydrogens is 342 g/mol. The van der Waals surface area contributed by atoms with Crippen molar-refractivity contribution in [2.45, 2.75) is 37.5 Å². The topological polar surface area (TPSA) is 87.9 Å². The van der Waals surface area contributed by atoms with Crippen LogP contribution in [-0.4, -0.2) is 44.0 Å². The van der Waals surface area contributed by atoms with Gasteiger partial charge < -0.3 is 14.4 Å². The molecular formula is C20H21N5O2. The van der Waals surface area contributed by atoms with Crippen LogP contribution in [0.4, 0.5) is 0 Å². The van der Waals surface area contributed by atoms with Crippen LogP contribution in [0.15, 0.2) is 41.2 Å². The Morgan fingerprint density at radius 3 is 2.74 bits per heavy atom. The van der Waals surface area contributed by atoms with Gasteiger partial charge in [-0.1, -0.05) is 17.3 Å². The standard InChI is InChI=1S/C20H21N5O2/c26-20(25-11-1-2-16(12-25)17-21-9-10-22-17)15-7-3-13(4-8-15)18-23-19(27-24-18)14-5-6-14/h3-4,7-10,14,16H,1-2,5-6,11-12H2,(H,21,22). The van der Waals surface area contributed by atoms with Gasteiger partial charge in [0, 0.05) is 48.4 Å². The number of nitrogens with one attached hydrogen (secondary N) is 1. The molecule has 0 spiro atoms.